The first-order valence-corrected chi connectivity index (χ1v) is 7.74. The largest absolute Gasteiger partial charge is 0.399 e. The predicted molar refractivity (Wildman–Crippen MR) is 72.8 cm³/mol. The van der Waals surface area contributed by atoms with Crippen molar-refractivity contribution >= 4 is 15.7 Å². The third kappa shape index (κ3) is 2.67. The standard InChI is InChI=1S/C13H20N2O2S/c1-3-11-6-7-12(14)8-13(11)18(16,17)15(2)9-10-4-5-10/h6-8,10H,3-5,9,14H2,1-2H3. The average Bonchev–Trinajstić information content (AvgIpc) is 3.12. The van der Waals surface area contributed by atoms with Crippen LogP contribution < -0.4 is 5.73 Å². The van der Waals surface area contributed by atoms with E-state index in [9.17, 15) is 8.42 Å². The average molecular weight is 268 g/mol. The van der Waals surface area contributed by atoms with Crippen LogP contribution in [0.5, 0.6) is 0 Å². The van der Waals surface area contributed by atoms with Crippen LogP contribution in [0.15, 0.2) is 23.1 Å². The van der Waals surface area contributed by atoms with Gasteiger partial charge in [0.2, 0.25) is 10.0 Å². The van der Waals surface area contributed by atoms with Crippen molar-refractivity contribution in [3.63, 3.8) is 0 Å². The summed E-state index contributed by atoms with van der Waals surface area (Å²) in [6.07, 6.45) is 2.96. The van der Waals surface area contributed by atoms with Gasteiger partial charge in [-0.15, -0.1) is 0 Å². The van der Waals surface area contributed by atoms with Crippen LogP contribution in [0, 0.1) is 5.92 Å². The summed E-state index contributed by atoms with van der Waals surface area (Å²) in [6.45, 7) is 2.56. The Morgan fingerprint density at radius 2 is 2.06 bits per heavy atom. The molecular weight excluding hydrogens is 248 g/mol. The van der Waals surface area contributed by atoms with E-state index in [2.05, 4.69) is 0 Å². The van der Waals surface area contributed by atoms with Crippen LogP contribution in [0.2, 0.25) is 0 Å². The Labute approximate surface area is 109 Å². The highest BCUT2D eigenvalue weighted by Crippen LogP contribution is 2.31. The Morgan fingerprint density at radius 1 is 1.39 bits per heavy atom. The van der Waals surface area contributed by atoms with E-state index in [1.807, 2.05) is 6.92 Å². The van der Waals surface area contributed by atoms with Crippen LogP contribution >= 0.6 is 0 Å². The summed E-state index contributed by atoms with van der Waals surface area (Å²) in [4.78, 5) is 0.355. The van der Waals surface area contributed by atoms with Gasteiger partial charge in [0.05, 0.1) is 4.90 Å². The van der Waals surface area contributed by atoms with Crippen molar-refractivity contribution in [2.45, 2.75) is 31.1 Å². The molecule has 0 saturated heterocycles. The minimum absolute atomic E-state index is 0.355. The Balaban J connectivity index is 2.35. The molecular formula is C13H20N2O2S. The molecule has 0 aromatic heterocycles. The zero-order chi connectivity index (χ0) is 13.3. The van der Waals surface area contributed by atoms with Crippen LogP contribution in [-0.2, 0) is 16.4 Å². The topological polar surface area (TPSA) is 63.4 Å². The molecule has 1 aromatic rings. The molecule has 0 spiro atoms. The molecule has 0 amide bonds. The van der Waals surface area contributed by atoms with Gasteiger partial charge >= 0.3 is 0 Å². The predicted octanol–water partition coefficient (Wildman–Crippen LogP) is 1.86. The van der Waals surface area contributed by atoms with Crippen molar-refractivity contribution in [2.24, 2.45) is 5.92 Å². The van der Waals surface area contributed by atoms with Crippen molar-refractivity contribution in [2.75, 3.05) is 19.3 Å². The summed E-state index contributed by atoms with van der Waals surface area (Å²) in [5.41, 5.74) is 7.03. The van der Waals surface area contributed by atoms with E-state index in [1.54, 1.807) is 25.2 Å². The van der Waals surface area contributed by atoms with E-state index in [0.717, 1.165) is 18.4 Å². The first-order valence-electron chi connectivity index (χ1n) is 6.30. The number of anilines is 1. The number of rotatable bonds is 5. The molecule has 1 saturated carbocycles. The number of hydrogen-bond acceptors (Lipinski definition) is 3. The highest BCUT2D eigenvalue weighted by atomic mass is 32.2. The monoisotopic (exact) mass is 268 g/mol. The Bertz CT molecular complexity index is 536. The number of nitrogens with zero attached hydrogens (tertiary/aromatic N) is 1. The van der Waals surface area contributed by atoms with Crippen molar-refractivity contribution < 1.29 is 8.42 Å². The summed E-state index contributed by atoms with van der Waals surface area (Å²) in [5.74, 6) is 0.538. The van der Waals surface area contributed by atoms with E-state index in [-0.39, 0.29) is 0 Å². The minimum Gasteiger partial charge on any atom is -0.399 e. The number of nitrogens with two attached hydrogens (primary N) is 1. The highest BCUT2D eigenvalue weighted by Gasteiger charge is 2.30. The summed E-state index contributed by atoms with van der Waals surface area (Å²) in [7, 11) is -1.76. The molecule has 4 nitrogen and oxygen atoms in total. The van der Waals surface area contributed by atoms with Gasteiger partial charge in [0.1, 0.15) is 0 Å². The second kappa shape index (κ2) is 4.90. The molecule has 1 aliphatic rings. The van der Waals surface area contributed by atoms with Gasteiger partial charge in [-0.1, -0.05) is 13.0 Å². The fourth-order valence-electron chi connectivity index (χ4n) is 2.03. The summed E-state index contributed by atoms with van der Waals surface area (Å²) < 4.78 is 26.5. The van der Waals surface area contributed by atoms with Crippen molar-refractivity contribution in [1.29, 1.82) is 0 Å². The molecule has 0 heterocycles. The maximum Gasteiger partial charge on any atom is 0.243 e. The normalized spacial score (nSPS) is 16.2. The second-order valence-corrected chi connectivity index (χ2v) is 6.96. The summed E-state index contributed by atoms with van der Waals surface area (Å²) >= 11 is 0. The molecule has 1 aliphatic carbocycles. The van der Waals surface area contributed by atoms with Gasteiger partial charge < -0.3 is 5.73 Å². The molecule has 1 fully saturated rings. The Kier molecular flexibility index (Phi) is 3.64. The molecule has 0 bridgehead atoms. The fraction of sp³-hybridized carbons (Fsp3) is 0.538. The number of aryl methyl sites for hydroxylation is 1. The van der Waals surface area contributed by atoms with Crippen LogP contribution in [0.3, 0.4) is 0 Å². The first kappa shape index (κ1) is 13.4. The third-order valence-corrected chi connectivity index (χ3v) is 5.28. The second-order valence-electron chi connectivity index (χ2n) is 4.95. The number of sulfonamides is 1. The van der Waals surface area contributed by atoms with Crippen LogP contribution in [0.1, 0.15) is 25.3 Å². The maximum absolute atomic E-state index is 12.5. The molecule has 1 aromatic carbocycles. The molecule has 5 heteroatoms. The summed E-state index contributed by atoms with van der Waals surface area (Å²) in [5, 5.41) is 0. The van der Waals surface area contributed by atoms with Gasteiger partial charge in [-0.25, -0.2) is 12.7 Å². The maximum atomic E-state index is 12.5. The number of benzene rings is 1. The SMILES string of the molecule is CCc1ccc(N)cc1S(=O)(=O)N(C)CC1CC1. The van der Waals surface area contributed by atoms with Crippen molar-refractivity contribution in [1.82, 2.24) is 4.31 Å². The highest BCUT2D eigenvalue weighted by molar-refractivity contribution is 7.89. The minimum atomic E-state index is -3.41. The van der Waals surface area contributed by atoms with E-state index in [0.29, 0.717) is 29.5 Å². The van der Waals surface area contributed by atoms with Gasteiger partial charge in [0.25, 0.3) is 0 Å². The third-order valence-electron chi connectivity index (χ3n) is 3.37. The molecule has 2 rings (SSSR count). The van der Waals surface area contributed by atoms with E-state index in [1.165, 1.54) is 4.31 Å². The van der Waals surface area contributed by atoms with E-state index < -0.39 is 10.0 Å². The van der Waals surface area contributed by atoms with Crippen LogP contribution in [0.4, 0.5) is 5.69 Å². The van der Waals surface area contributed by atoms with Gasteiger partial charge in [-0.05, 0) is 42.9 Å². The lowest BCUT2D eigenvalue weighted by molar-refractivity contribution is 0.452. The molecule has 0 atom stereocenters. The quantitative estimate of drug-likeness (QED) is 0.829. The molecule has 0 radical (unpaired) electrons. The lowest BCUT2D eigenvalue weighted by Crippen LogP contribution is -2.29. The van der Waals surface area contributed by atoms with E-state index >= 15 is 0 Å². The number of hydrogen-bond donors (Lipinski definition) is 1. The Hall–Kier alpha value is -1.07. The van der Waals surface area contributed by atoms with Crippen molar-refractivity contribution in [3.8, 4) is 0 Å². The van der Waals surface area contributed by atoms with Gasteiger partial charge in [-0.2, -0.15) is 0 Å². The smallest absolute Gasteiger partial charge is 0.243 e. The lowest BCUT2D eigenvalue weighted by Gasteiger charge is -2.19. The summed E-state index contributed by atoms with van der Waals surface area (Å²) in [6, 6.07) is 5.11. The van der Waals surface area contributed by atoms with Gasteiger partial charge in [-0.3, -0.25) is 0 Å². The molecule has 2 N–H and O–H groups in total. The Morgan fingerprint density at radius 3 is 2.61 bits per heavy atom. The molecule has 0 unspecified atom stereocenters. The van der Waals surface area contributed by atoms with Gasteiger partial charge in [0.15, 0.2) is 0 Å². The fourth-order valence-corrected chi connectivity index (χ4v) is 3.60. The zero-order valence-corrected chi connectivity index (χ0v) is 11.7. The molecule has 100 valence electrons. The van der Waals surface area contributed by atoms with Crippen LogP contribution in [-0.4, -0.2) is 26.3 Å². The van der Waals surface area contributed by atoms with Gasteiger partial charge in [0, 0.05) is 19.3 Å². The number of nitrogen functional groups attached to an aromatic ring is 1. The lowest BCUT2D eigenvalue weighted by atomic mass is 10.1. The van der Waals surface area contributed by atoms with Crippen molar-refractivity contribution in [3.05, 3.63) is 23.8 Å². The zero-order valence-electron chi connectivity index (χ0n) is 10.9. The first-order chi connectivity index (χ1) is 8.45. The molecule has 18 heavy (non-hydrogen) atoms. The van der Waals surface area contributed by atoms with E-state index in [4.69, 9.17) is 5.73 Å². The van der Waals surface area contributed by atoms with Crippen LogP contribution in [0.25, 0.3) is 0 Å². The molecule has 0 aliphatic heterocycles.